The van der Waals surface area contributed by atoms with Crippen LogP contribution in [-0.4, -0.2) is 28.7 Å². The number of amides is 1. The number of aromatic nitrogens is 1. The molecule has 1 atom stereocenters. The molecule has 1 amide bonds. The van der Waals surface area contributed by atoms with Gasteiger partial charge in [0.15, 0.2) is 11.7 Å². The number of carbonyl (C=O) groups is 2. The van der Waals surface area contributed by atoms with E-state index in [1.54, 1.807) is 6.92 Å². The molecule has 0 spiro atoms. The number of rotatable bonds is 6. The van der Waals surface area contributed by atoms with Crippen molar-refractivity contribution in [1.29, 1.82) is 0 Å². The molecule has 0 radical (unpaired) electrons. The molecule has 0 fully saturated rings. The summed E-state index contributed by atoms with van der Waals surface area (Å²) in [5, 5.41) is 2.78. The fourth-order valence-electron chi connectivity index (χ4n) is 2.25. The van der Waals surface area contributed by atoms with Gasteiger partial charge in [0.05, 0.1) is 10.2 Å². The Bertz CT molecular complexity index is 925. The van der Waals surface area contributed by atoms with Crippen molar-refractivity contribution in [3.8, 4) is 0 Å². The third-order valence-corrected chi connectivity index (χ3v) is 5.55. The molecule has 2 aromatic carbocycles. The molecule has 0 aliphatic heterocycles. The van der Waals surface area contributed by atoms with Gasteiger partial charge < -0.3 is 4.74 Å². The number of aryl methyl sites for hydroxylation is 1. The van der Waals surface area contributed by atoms with Crippen LogP contribution in [0.1, 0.15) is 12.5 Å². The van der Waals surface area contributed by atoms with Crippen LogP contribution >= 0.6 is 23.1 Å². The van der Waals surface area contributed by atoms with Crippen LogP contribution in [-0.2, 0) is 14.3 Å². The summed E-state index contributed by atoms with van der Waals surface area (Å²) in [7, 11) is 0. The standard InChI is InChI=1S/C19H18N2O3S2/c1-12-8-9-15-16(10-12)26-19(20-15)21-17(22)11-24-18(23)13(2)25-14-6-4-3-5-7-14/h3-10,13H,11H2,1-2H3,(H,20,21,22). The first-order valence-electron chi connectivity index (χ1n) is 8.06. The van der Waals surface area contributed by atoms with Crippen LogP contribution in [0.5, 0.6) is 0 Å². The molecular weight excluding hydrogens is 368 g/mol. The molecular formula is C19H18N2O3S2. The van der Waals surface area contributed by atoms with Gasteiger partial charge in [0.25, 0.3) is 5.91 Å². The molecule has 0 aliphatic rings. The zero-order valence-corrected chi connectivity index (χ0v) is 16.0. The minimum atomic E-state index is -0.422. The van der Waals surface area contributed by atoms with E-state index in [1.165, 1.54) is 23.1 Å². The van der Waals surface area contributed by atoms with Crippen LogP contribution in [0.25, 0.3) is 10.2 Å². The van der Waals surface area contributed by atoms with E-state index in [-0.39, 0.29) is 6.61 Å². The molecule has 1 heterocycles. The fraction of sp³-hybridized carbons (Fsp3) is 0.211. The van der Waals surface area contributed by atoms with Gasteiger partial charge >= 0.3 is 5.97 Å². The van der Waals surface area contributed by atoms with Gasteiger partial charge in [-0.15, -0.1) is 11.8 Å². The second-order valence-electron chi connectivity index (χ2n) is 5.72. The van der Waals surface area contributed by atoms with Crippen LogP contribution in [0.2, 0.25) is 0 Å². The summed E-state index contributed by atoms with van der Waals surface area (Å²) in [6, 6.07) is 15.5. The van der Waals surface area contributed by atoms with Crippen LogP contribution in [0, 0.1) is 6.92 Å². The van der Waals surface area contributed by atoms with Gasteiger partial charge in [-0.1, -0.05) is 35.6 Å². The number of ether oxygens (including phenoxy) is 1. The Hall–Kier alpha value is -2.38. The molecule has 0 aliphatic carbocycles. The zero-order chi connectivity index (χ0) is 18.5. The van der Waals surface area contributed by atoms with E-state index >= 15 is 0 Å². The number of hydrogen-bond donors (Lipinski definition) is 1. The first-order chi connectivity index (χ1) is 12.5. The maximum Gasteiger partial charge on any atom is 0.319 e. The molecule has 1 N–H and O–H groups in total. The number of hydrogen-bond acceptors (Lipinski definition) is 6. The monoisotopic (exact) mass is 386 g/mol. The van der Waals surface area contributed by atoms with Gasteiger partial charge in [-0.05, 0) is 43.7 Å². The van der Waals surface area contributed by atoms with E-state index in [0.29, 0.717) is 5.13 Å². The van der Waals surface area contributed by atoms with E-state index in [0.717, 1.165) is 20.7 Å². The number of benzene rings is 2. The maximum absolute atomic E-state index is 12.0. The number of thiazole rings is 1. The Balaban J connectivity index is 1.50. The molecule has 3 rings (SSSR count). The second-order valence-corrected chi connectivity index (χ2v) is 8.16. The highest BCUT2D eigenvalue weighted by molar-refractivity contribution is 8.00. The summed E-state index contributed by atoms with van der Waals surface area (Å²) >= 11 is 2.79. The Morgan fingerprint density at radius 1 is 1.23 bits per heavy atom. The summed E-state index contributed by atoms with van der Waals surface area (Å²) < 4.78 is 6.11. The lowest BCUT2D eigenvalue weighted by Gasteiger charge is -2.10. The summed E-state index contributed by atoms with van der Waals surface area (Å²) in [4.78, 5) is 29.4. The van der Waals surface area contributed by atoms with Crippen LogP contribution in [0.3, 0.4) is 0 Å². The number of carbonyl (C=O) groups excluding carboxylic acids is 2. The third-order valence-electron chi connectivity index (χ3n) is 3.52. The summed E-state index contributed by atoms with van der Waals surface area (Å²) in [6.45, 7) is 3.44. The minimum Gasteiger partial charge on any atom is -0.455 e. The summed E-state index contributed by atoms with van der Waals surface area (Å²) in [6.07, 6.45) is 0. The van der Waals surface area contributed by atoms with Crippen molar-refractivity contribution in [2.75, 3.05) is 11.9 Å². The van der Waals surface area contributed by atoms with Gasteiger partial charge in [-0.2, -0.15) is 0 Å². The second kappa shape index (κ2) is 8.33. The molecule has 3 aromatic rings. The first-order valence-corrected chi connectivity index (χ1v) is 9.76. The minimum absolute atomic E-state index is 0.326. The number of nitrogens with zero attached hydrogens (tertiary/aromatic N) is 1. The van der Waals surface area contributed by atoms with E-state index in [2.05, 4.69) is 10.3 Å². The topological polar surface area (TPSA) is 68.3 Å². The van der Waals surface area contributed by atoms with Gasteiger partial charge in [0, 0.05) is 4.90 Å². The number of anilines is 1. The summed E-state index contributed by atoms with van der Waals surface area (Å²) in [5.74, 6) is -0.819. The van der Waals surface area contributed by atoms with Crippen molar-refractivity contribution in [3.05, 3.63) is 54.1 Å². The largest absolute Gasteiger partial charge is 0.455 e. The van der Waals surface area contributed by atoms with Crippen LogP contribution in [0.15, 0.2) is 53.4 Å². The lowest BCUT2D eigenvalue weighted by Crippen LogP contribution is -2.24. The van der Waals surface area contributed by atoms with Gasteiger partial charge in [-0.25, -0.2) is 4.98 Å². The Morgan fingerprint density at radius 3 is 2.77 bits per heavy atom. The Labute approximate surface area is 159 Å². The van der Waals surface area contributed by atoms with Gasteiger partial charge in [-0.3, -0.25) is 14.9 Å². The molecule has 1 aromatic heterocycles. The molecule has 0 saturated heterocycles. The predicted octanol–water partition coefficient (Wildman–Crippen LogP) is 4.27. The van der Waals surface area contributed by atoms with E-state index in [1.807, 2.05) is 55.5 Å². The number of fused-ring (bicyclic) bond motifs is 1. The number of nitrogens with one attached hydrogen (secondary N) is 1. The quantitative estimate of drug-likeness (QED) is 0.506. The normalized spacial score (nSPS) is 11.9. The predicted molar refractivity (Wildman–Crippen MR) is 106 cm³/mol. The summed E-state index contributed by atoms with van der Waals surface area (Å²) in [5.41, 5.74) is 1.97. The zero-order valence-electron chi connectivity index (χ0n) is 14.4. The van der Waals surface area contributed by atoms with Crippen molar-refractivity contribution in [2.45, 2.75) is 24.0 Å². The van der Waals surface area contributed by atoms with E-state index < -0.39 is 17.1 Å². The van der Waals surface area contributed by atoms with Crippen molar-refractivity contribution in [2.24, 2.45) is 0 Å². The fourth-order valence-corrected chi connectivity index (χ4v) is 4.11. The van der Waals surface area contributed by atoms with Crippen LogP contribution < -0.4 is 5.32 Å². The molecule has 7 heteroatoms. The molecule has 26 heavy (non-hydrogen) atoms. The van der Waals surface area contributed by atoms with Crippen LogP contribution in [0.4, 0.5) is 5.13 Å². The van der Waals surface area contributed by atoms with E-state index in [4.69, 9.17) is 4.74 Å². The first kappa shape index (κ1) is 18.4. The highest BCUT2D eigenvalue weighted by Crippen LogP contribution is 2.27. The lowest BCUT2D eigenvalue weighted by atomic mass is 10.2. The lowest BCUT2D eigenvalue weighted by molar-refractivity contribution is -0.146. The molecule has 0 saturated carbocycles. The van der Waals surface area contributed by atoms with E-state index in [9.17, 15) is 9.59 Å². The van der Waals surface area contributed by atoms with Crippen molar-refractivity contribution in [3.63, 3.8) is 0 Å². The Morgan fingerprint density at radius 2 is 2.00 bits per heavy atom. The van der Waals surface area contributed by atoms with Gasteiger partial charge in [0.2, 0.25) is 0 Å². The van der Waals surface area contributed by atoms with Crippen molar-refractivity contribution >= 4 is 50.3 Å². The molecule has 134 valence electrons. The van der Waals surface area contributed by atoms with Crippen molar-refractivity contribution in [1.82, 2.24) is 4.98 Å². The highest BCUT2D eigenvalue weighted by atomic mass is 32.2. The molecule has 0 bridgehead atoms. The van der Waals surface area contributed by atoms with Gasteiger partial charge in [0.1, 0.15) is 5.25 Å². The Kier molecular flexibility index (Phi) is 5.90. The smallest absolute Gasteiger partial charge is 0.319 e. The highest BCUT2D eigenvalue weighted by Gasteiger charge is 2.17. The average molecular weight is 386 g/mol. The molecule has 1 unspecified atom stereocenters. The number of esters is 1. The average Bonchev–Trinajstić information content (AvgIpc) is 3.01. The SMILES string of the molecule is Cc1ccc2nc(NC(=O)COC(=O)C(C)Sc3ccccc3)sc2c1. The molecule has 5 nitrogen and oxygen atoms in total. The third kappa shape index (κ3) is 4.83. The van der Waals surface area contributed by atoms with Crippen molar-refractivity contribution < 1.29 is 14.3 Å². The maximum atomic E-state index is 12.0. The number of thioether (sulfide) groups is 1.